The van der Waals surface area contributed by atoms with Crippen LogP contribution in [0.25, 0.3) is 10.8 Å². The van der Waals surface area contributed by atoms with E-state index in [0.717, 1.165) is 16.3 Å². The number of fused-ring (bicyclic) bond motifs is 1. The molecule has 1 unspecified atom stereocenters. The van der Waals surface area contributed by atoms with Crippen molar-refractivity contribution in [1.82, 2.24) is 10.3 Å². The molecule has 3 rings (SSSR count). The standard InChI is InChI=1S/C19H19N3O2/c1-20-18-10-9-14(11-21-18)19(24)22-12-17(23)16-8-4-6-13-5-2-3-7-15(13)16/h2-11,17,23H,12H2,1H3,(H,20,21)(H,22,24). The molecule has 3 N–H and O–H groups in total. The number of carbonyl (C=O) groups is 1. The fourth-order valence-corrected chi connectivity index (χ4v) is 2.62. The minimum absolute atomic E-state index is 0.140. The molecular weight excluding hydrogens is 302 g/mol. The Kier molecular flexibility index (Phi) is 4.72. The van der Waals surface area contributed by atoms with E-state index in [1.165, 1.54) is 6.20 Å². The highest BCUT2D eigenvalue weighted by Crippen LogP contribution is 2.23. The predicted octanol–water partition coefficient (Wildman–Crippen LogP) is 2.74. The minimum atomic E-state index is -0.774. The van der Waals surface area contributed by atoms with Gasteiger partial charge in [-0.15, -0.1) is 0 Å². The van der Waals surface area contributed by atoms with Gasteiger partial charge in [0.1, 0.15) is 5.82 Å². The van der Waals surface area contributed by atoms with Gasteiger partial charge in [-0.3, -0.25) is 4.79 Å². The smallest absolute Gasteiger partial charge is 0.252 e. The summed E-state index contributed by atoms with van der Waals surface area (Å²) in [5, 5.41) is 18.2. The van der Waals surface area contributed by atoms with Crippen molar-refractivity contribution in [2.45, 2.75) is 6.10 Å². The number of amides is 1. The molecule has 0 saturated carbocycles. The average molecular weight is 321 g/mol. The van der Waals surface area contributed by atoms with Crippen molar-refractivity contribution in [2.75, 3.05) is 18.9 Å². The van der Waals surface area contributed by atoms with Gasteiger partial charge in [0.15, 0.2) is 0 Å². The number of pyridine rings is 1. The van der Waals surface area contributed by atoms with Crippen LogP contribution in [0, 0.1) is 0 Å². The van der Waals surface area contributed by atoms with Crippen LogP contribution in [-0.4, -0.2) is 29.6 Å². The summed E-state index contributed by atoms with van der Waals surface area (Å²) in [6.07, 6.45) is 0.732. The number of nitrogens with zero attached hydrogens (tertiary/aromatic N) is 1. The molecule has 0 fully saturated rings. The molecule has 0 aliphatic heterocycles. The molecule has 1 aromatic heterocycles. The van der Waals surface area contributed by atoms with E-state index in [1.54, 1.807) is 19.2 Å². The number of hydrogen-bond donors (Lipinski definition) is 3. The fourth-order valence-electron chi connectivity index (χ4n) is 2.62. The van der Waals surface area contributed by atoms with Crippen LogP contribution in [0.2, 0.25) is 0 Å². The summed E-state index contributed by atoms with van der Waals surface area (Å²) < 4.78 is 0. The van der Waals surface area contributed by atoms with Crippen molar-refractivity contribution in [3.05, 3.63) is 71.9 Å². The van der Waals surface area contributed by atoms with E-state index in [1.807, 2.05) is 42.5 Å². The van der Waals surface area contributed by atoms with E-state index in [0.29, 0.717) is 11.4 Å². The maximum absolute atomic E-state index is 12.2. The molecule has 0 aliphatic rings. The average Bonchev–Trinajstić information content (AvgIpc) is 2.65. The second-order valence-corrected chi connectivity index (χ2v) is 5.48. The van der Waals surface area contributed by atoms with E-state index in [9.17, 15) is 9.90 Å². The number of aliphatic hydroxyl groups is 1. The maximum atomic E-state index is 12.2. The van der Waals surface area contributed by atoms with Crippen LogP contribution in [0.3, 0.4) is 0 Å². The highest BCUT2D eigenvalue weighted by atomic mass is 16.3. The van der Waals surface area contributed by atoms with Gasteiger partial charge in [-0.25, -0.2) is 4.98 Å². The first kappa shape index (κ1) is 16.0. The van der Waals surface area contributed by atoms with E-state index in [-0.39, 0.29) is 12.5 Å². The molecule has 0 bridgehead atoms. The maximum Gasteiger partial charge on any atom is 0.252 e. The zero-order valence-corrected chi connectivity index (χ0v) is 13.4. The number of aliphatic hydroxyl groups excluding tert-OH is 1. The monoisotopic (exact) mass is 321 g/mol. The summed E-state index contributed by atoms with van der Waals surface area (Å²) in [5.41, 5.74) is 1.26. The number of aromatic nitrogens is 1. The SMILES string of the molecule is CNc1ccc(C(=O)NCC(O)c2cccc3ccccc23)cn1. The molecule has 5 nitrogen and oxygen atoms in total. The van der Waals surface area contributed by atoms with Gasteiger partial charge in [-0.2, -0.15) is 0 Å². The van der Waals surface area contributed by atoms with Crippen LogP contribution < -0.4 is 10.6 Å². The Morgan fingerprint density at radius 3 is 2.67 bits per heavy atom. The van der Waals surface area contributed by atoms with Crippen LogP contribution in [0.4, 0.5) is 5.82 Å². The summed E-state index contributed by atoms with van der Waals surface area (Å²) in [5.74, 6) is 0.437. The number of anilines is 1. The Labute approximate surface area is 140 Å². The first-order chi connectivity index (χ1) is 11.7. The van der Waals surface area contributed by atoms with Gasteiger partial charge in [0.05, 0.1) is 11.7 Å². The summed E-state index contributed by atoms with van der Waals surface area (Å²) in [6, 6.07) is 17.1. The molecule has 0 saturated heterocycles. The molecule has 1 atom stereocenters. The van der Waals surface area contributed by atoms with Gasteiger partial charge in [0.2, 0.25) is 0 Å². The first-order valence-corrected chi connectivity index (χ1v) is 7.77. The van der Waals surface area contributed by atoms with Gasteiger partial charge in [-0.05, 0) is 28.5 Å². The van der Waals surface area contributed by atoms with E-state index in [2.05, 4.69) is 15.6 Å². The third kappa shape index (κ3) is 3.36. The number of nitrogens with one attached hydrogen (secondary N) is 2. The largest absolute Gasteiger partial charge is 0.387 e. The van der Waals surface area contributed by atoms with E-state index < -0.39 is 6.10 Å². The lowest BCUT2D eigenvalue weighted by atomic mass is 10.0. The van der Waals surface area contributed by atoms with Gasteiger partial charge in [0.25, 0.3) is 5.91 Å². The van der Waals surface area contributed by atoms with Gasteiger partial charge in [0, 0.05) is 19.8 Å². The molecule has 2 aromatic carbocycles. The summed E-state index contributed by atoms with van der Waals surface area (Å²) in [6.45, 7) is 0.140. The normalized spacial score (nSPS) is 11.9. The van der Waals surface area contributed by atoms with Crippen LogP contribution >= 0.6 is 0 Å². The van der Waals surface area contributed by atoms with Crippen molar-refractivity contribution in [3.8, 4) is 0 Å². The first-order valence-electron chi connectivity index (χ1n) is 7.77. The molecule has 5 heteroatoms. The Morgan fingerprint density at radius 2 is 1.92 bits per heavy atom. The van der Waals surface area contributed by atoms with Crippen LogP contribution in [-0.2, 0) is 0 Å². The lowest BCUT2D eigenvalue weighted by Crippen LogP contribution is -2.28. The lowest BCUT2D eigenvalue weighted by Gasteiger charge is -2.15. The minimum Gasteiger partial charge on any atom is -0.387 e. The van der Waals surface area contributed by atoms with Crippen molar-refractivity contribution in [1.29, 1.82) is 0 Å². The highest BCUT2D eigenvalue weighted by Gasteiger charge is 2.13. The van der Waals surface area contributed by atoms with Crippen LogP contribution in [0.15, 0.2) is 60.8 Å². The van der Waals surface area contributed by atoms with E-state index >= 15 is 0 Å². The molecule has 3 aromatic rings. The Morgan fingerprint density at radius 1 is 1.12 bits per heavy atom. The number of carbonyl (C=O) groups excluding carboxylic acids is 1. The van der Waals surface area contributed by atoms with Gasteiger partial charge < -0.3 is 15.7 Å². The van der Waals surface area contributed by atoms with Crippen molar-refractivity contribution in [2.24, 2.45) is 0 Å². The molecule has 0 radical (unpaired) electrons. The zero-order chi connectivity index (χ0) is 16.9. The Balaban J connectivity index is 1.70. The zero-order valence-electron chi connectivity index (χ0n) is 13.4. The molecule has 1 amide bonds. The topological polar surface area (TPSA) is 74.2 Å². The quantitative estimate of drug-likeness (QED) is 0.675. The third-order valence-electron chi connectivity index (χ3n) is 3.92. The molecular formula is C19H19N3O2. The summed E-state index contributed by atoms with van der Waals surface area (Å²) in [7, 11) is 1.77. The highest BCUT2D eigenvalue weighted by molar-refractivity contribution is 5.94. The third-order valence-corrected chi connectivity index (χ3v) is 3.92. The second kappa shape index (κ2) is 7.10. The summed E-state index contributed by atoms with van der Waals surface area (Å²) in [4.78, 5) is 16.3. The van der Waals surface area contributed by atoms with Crippen molar-refractivity contribution >= 4 is 22.5 Å². The Bertz CT molecular complexity index is 841. The van der Waals surface area contributed by atoms with Crippen LogP contribution in [0.1, 0.15) is 22.0 Å². The molecule has 122 valence electrons. The van der Waals surface area contributed by atoms with Crippen molar-refractivity contribution < 1.29 is 9.90 Å². The summed E-state index contributed by atoms with van der Waals surface area (Å²) >= 11 is 0. The lowest BCUT2D eigenvalue weighted by molar-refractivity contribution is 0.0916. The molecule has 0 spiro atoms. The van der Waals surface area contributed by atoms with Crippen LogP contribution in [0.5, 0.6) is 0 Å². The van der Waals surface area contributed by atoms with Crippen molar-refractivity contribution in [3.63, 3.8) is 0 Å². The number of hydrogen-bond acceptors (Lipinski definition) is 4. The van der Waals surface area contributed by atoms with E-state index in [4.69, 9.17) is 0 Å². The predicted molar refractivity (Wildman–Crippen MR) is 95.0 cm³/mol. The Hall–Kier alpha value is -2.92. The number of benzene rings is 2. The second-order valence-electron chi connectivity index (χ2n) is 5.48. The molecule has 0 aliphatic carbocycles. The molecule has 1 heterocycles. The van der Waals surface area contributed by atoms with Gasteiger partial charge in [-0.1, -0.05) is 42.5 Å². The number of rotatable bonds is 5. The molecule has 24 heavy (non-hydrogen) atoms. The van der Waals surface area contributed by atoms with Gasteiger partial charge >= 0.3 is 0 Å². The fraction of sp³-hybridized carbons (Fsp3) is 0.158.